The van der Waals surface area contributed by atoms with Crippen molar-refractivity contribution in [3.63, 3.8) is 0 Å². The molecule has 0 saturated heterocycles. The van der Waals surface area contributed by atoms with Crippen molar-refractivity contribution in [1.29, 1.82) is 0 Å². The molecule has 0 bridgehead atoms. The molecule has 0 aliphatic carbocycles. The Balaban J connectivity index is 1.70. The van der Waals surface area contributed by atoms with Gasteiger partial charge in [0.15, 0.2) is 17.1 Å². The number of methoxy groups -OCH3 is 2. The van der Waals surface area contributed by atoms with E-state index in [2.05, 4.69) is 22.1 Å². The summed E-state index contributed by atoms with van der Waals surface area (Å²) in [5, 5.41) is 12.8. The highest BCUT2D eigenvalue weighted by Gasteiger charge is 2.21. The van der Waals surface area contributed by atoms with Crippen LogP contribution in [0.5, 0.6) is 17.2 Å². The van der Waals surface area contributed by atoms with Gasteiger partial charge in [0.1, 0.15) is 17.2 Å². The number of thioether (sulfide) groups is 1. The van der Waals surface area contributed by atoms with Crippen LogP contribution in [-0.4, -0.2) is 40.6 Å². The molecule has 11 heteroatoms. The highest BCUT2D eigenvalue weighted by molar-refractivity contribution is 7.99. The Morgan fingerprint density at radius 1 is 1.18 bits per heavy atom. The summed E-state index contributed by atoms with van der Waals surface area (Å²) < 4.78 is 18.3. The first-order valence-corrected chi connectivity index (χ1v) is 11.9. The fourth-order valence-corrected chi connectivity index (χ4v) is 4.12. The van der Waals surface area contributed by atoms with Gasteiger partial charge < -0.3 is 19.5 Å². The first-order chi connectivity index (χ1) is 16.4. The van der Waals surface area contributed by atoms with E-state index in [4.69, 9.17) is 37.4 Å². The fourth-order valence-electron chi connectivity index (χ4n) is 3.04. The molecule has 0 saturated carbocycles. The molecule has 1 atom stereocenters. The molecule has 1 aromatic heterocycles. The number of hydrogen-bond acceptors (Lipinski definition) is 7. The van der Waals surface area contributed by atoms with Crippen LogP contribution in [-0.2, 0) is 11.3 Å². The Kier molecular flexibility index (Phi) is 9.09. The number of allylic oxidation sites excluding steroid dienone is 1. The third-order valence-electron chi connectivity index (χ3n) is 4.63. The molecule has 1 heterocycles. The van der Waals surface area contributed by atoms with Crippen LogP contribution in [0.3, 0.4) is 0 Å². The summed E-state index contributed by atoms with van der Waals surface area (Å²) in [6, 6.07) is 10.1. The molecule has 0 radical (unpaired) electrons. The first kappa shape index (κ1) is 25.7. The highest BCUT2D eigenvalue weighted by atomic mass is 35.5. The van der Waals surface area contributed by atoms with Crippen LogP contribution in [0.4, 0.5) is 5.69 Å². The van der Waals surface area contributed by atoms with Crippen molar-refractivity contribution in [2.75, 3.05) is 25.3 Å². The number of rotatable bonds is 11. The number of nitrogens with zero attached hydrogens (tertiary/aromatic N) is 3. The summed E-state index contributed by atoms with van der Waals surface area (Å²) >= 11 is 13.5. The second-order valence-corrected chi connectivity index (χ2v) is 8.76. The van der Waals surface area contributed by atoms with Crippen LogP contribution in [0.1, 0.15) is 18.9 Å². The SMILES string of the molecule is C=CCn1c(SCC(=O)Nc2ccc(OC)cc2OC)nnc1C(C)Oc1cc(Cl)ccc1Cl. The Labute approximate surface area is 212 Å². The van der Waals surface area contributed by atoms with Gasteiger partial charge in [0.05, 0.1) is 30.7 Å². The Morgan fingerprint density at radius 3 is 2.68 bits per heavy atom. The van der Waals surface area contributed by atoms with Gasteiger partial charge in [0.25, 0.3) is 0 Å². The average Bonchev–Trinajstić information content (AvgIpc) is 3.23. The molecule has 3 aromatic rings. The van der Waals surface area contributed by atoms with Crippen molar-refractivity contribution >= 4 is 46.6 Å². The number of hydrogen-bond donors (Lipinski definition) is 1. The largest absolute Gasteiger partial charge is 0.497 e. The number of aromatic nitrogens is 3. The lowest BCUT2D eigenvalue weighted by Crippen LogP contribution is -2.16. The average molecular weight is 523 g/mol. The minimum absolute atomic E-state index is 0.111. The molecule has 1 N–H and O–H groups in total. The van der Waals surface area contributed by atoms with Crippen LogP contribution in [0.25, 0.3) is 0 Å². The molecule has 0 aliphatic heterocycles. The van der Waals surface area contributed by atoms with E-state index in [0.717, 1.165) is 0 Å². The zero-order valence-electron chi connectivity index (χ0n) is 18.9. The lowest BCUT2D eigenvalue weighted by Gasteiger charge is -2.16. The second-order valence-electron chi connectivity index (χ2n) is 6.98. The molecule has 2 aromatic carbocycles. The van der Waals surface area contributed by atoms with Crippen molar-refractivity contribution in [2.24, 2.45) is 0 Å². The van der Waals surface area contributed by atoms with E-state index < -0.39 is 6.10 Å². The van der Waals surface area contributed by atoms with Crippen LogP contribution in [0, 0.1) is 0 Å². The highest BCUT2D eigenvalue weighted by Crippen LogP contribution is 2.32. The zero-order valence-corrected chi connectivity index (χ0v) is 21.2. The van der Waals surface area contributed by atoms with E-state index in [1.165, 1.54) is 18.9 Å². The number of anilines is 1. The van der Waals surface area contributed by atoms with Crippen molar-refractivity contribution in [3.05, 3.63) is 64.9 Å². The normalized spacial score (nSPS) is 11.6. The molecular weight excluding hydrogens is 499 g/mol. The maximum absolute atomic E-state index is 12.6. The predicted molar refractivity (Wildman–Crippen MR) is 135 cm³/mol. The number of ether oxygens (including phenoxy) is 3. The second kappa shape index (κ2) is 12.0. The van der Waals surface area contributed by atoms with Gasteiger partial charge in [0.2, 0.25) is 5.91 Å². The van der Waals surface area contributed by atoms with E-state index in [1.54, 1.807) is 49.6 Å². The van der Waals surface area contributed by atoms with Gasteiger partial charge in [-0.15, -0.1) is 16.8 Å². The van der Waals surface area contributed by atoms with Crippen molar-refractivity contribution in [2.45, 2.75) is 24.7 Å². The quantitative estimate of drug-likeness (QED) is 0.256. The van der Waals surface area contributed by atoms with Crippen molar-refractivity contribution in [3.8, 4) is 17.2 Å². The summed E-state index contributed by atoms with van der Waals surface area (Å²) in [6.45, 7) is 6.07. The number of halogens is 2. The standard InChI is InChI=1S/C23H24Cl2N4O4S/c1-5-10-29-22(14(2)33-19-11-15(24)6-8-17(19)25)27-28-23(29)34-13-21(30)26-18-9-7-16(31-3)12-20(18)32-4/h5-9,11-12,14H,1,10,13H2,2-4H3,(H,26,30). The number of amides is 1. The summed E-state index contributed by atoms with van der Waals surface area (Å²) in [7, 11) is 3.09. The molecule has 3 rings (SSSR count). The van der Waals surface area contributed by atoms with Crippen LogP contribution >= 0.6 is 35.0 Å². The van der Waals surface area contributed by atoms with Crippen molar-refractivity contribution in [1.82, 2.24) is 14.8 Å². The monoisotopic (exact) mass is 522 g/mol. The molecule has 0 fully saturated rings. The third kappa shape index (κ3) is 6.37. The maximum atomic E-state index is 12.6. The molecule has 8 nitrogen and oxygen atoms in total. The van der Waals surface area contributed by atoms with Gasteiger partial charge in [-0.3, -0.25) is 9.36 Å². The smallest absolute Gasteiger partial charge is 0.234 e. The molecule has 0 aliphatic rings. The molecule has 1 unspecified atom stereocenters. The van der Waals surface area contributed by atoms with Gasteiger partial charge in [0, 0.05) is 23.7 Å². The molecular formula is C23H24Cl2N4O4S. The third-order valence-corrected chi connectivity index (χ3v) is 6.15. The van der Waals surface area contributed by atoms with Crippen LogP contribution in [0.2, 0.25) is 10.0 Å². The lowest BCUT2D eigenvalue weighted by atomic mass is 10.2. The van der Waals surface area contributed by atoms with Gasteiger partial charge in [-0.2, -0.15) is 0 Å². The van der Waals surface area contributed by atoms with Gasteiger partial charge in [-0.1, -0.05) is 41.0 Å². The van der Waals surface area contributed by atoms with E-state index in [9.17, 15) is 4.79 Å². The number of carbonyl (C=O) groups excluding carboxylic acids is 1. The Bertz CT molecular complexity index is 1170. The molecule has 0 spiro atoms. The summed E-state index contributed by atoms with van der Waals surface area (Å²) in [6.07, 6.45) is 1.24. The summed E-state index contributed by atoms with van der Waals surface area (Å²) in [4.78, 5) is 12.6. The molecule has 34 heavy (non-hydrogen) atoms. The van der Waals surface area contributed by atoms with E-state index in [-0.39, 0.29) is 11.7 Å². The molecule has 180 valence electrons. The number of benzene rings is 2. The maximum Gasteiger partial charge on any atom is 0.234 e. The summed E-state index contributed by atoms with van der Waals surface area (Å²) in [5.74, 6) is 2.02. The van der Waals surface area contributed by atoms with Gasteiger partial charge >= 0.3 is 0 Å². The Hall–Kier alpha value is -2.88. The predicted octanol–water partition coefficient (Wildman–Crippen LogP) is 5.66. The Morgan fingerprint density at radius 2 is 1.97 bits per heavy atom. The van der Waals surface area contributed by atoms with Crippen molar-refractivity contribution < 1.29 is 19.0 Å². The van der Waals surface area contributed by atoms with E-state index >= 15 is 0 Å². The lowest BCUT2D eigenvalue weighted by molar-refractivity contribution is -0.113. The number of carbonyl (C=O) groups is 1. The summed E-state index contributed by atoms with van der Waals surface area (Å²) in [5.41, 5.74) is 0.544. The fraction of sp³-hybridized carbons (Fsp3) is 0.261. The number of nitrogens with one attached hydrogen (secondary N) is 1. The van der Waals surface area contributed by atoms with Gasteiger partial charge in [-0.25, -0.2) is 0 Å². The van der Waals surface area contributed by atoms with Crippen LogP contribution < -0.4 is 19.5 Å². The zero-order chi connectivity index (χ0) is 24.7. The minimum Gasteiger partial charge on any atom is -0.497 e. The van der Waals surface area contributed by atoms with Crippen LogP contribution in [0.15, 0.2) is 54.2 Å². The molecule has 1 amide bonds. The van der Waals surface area contributed by atoms with Gasteiger partial charge in [-0.05, 0) is 31.2 Å². The first-order valence-electron chi connectivity index (χ1n) is 10.2. The van der Waals surface area contributed by atoms with E-state index in [1.807, 2.05) is 11.5 Å². The van der Waals surface area contributed by atoms with E-state index in [0.29, 0.717) is 50.5 Å². The topological polar surface area (TPSA) is 87.5 Å². The minimum atomic E-state index is -0.477.